The maximum atomic E-state index is 5.80. The lowest BCUT2D eigenvalue weighted by atomic mass is 10.1. The van der Waals surface area contributed by atoms with Crippen LogP contribution in [0.25, 0.3) is 0 Å². The first-order valence-electron chi connectivity index (χ1n) is 5.93. The van der Waals surface area contributed by atoms with Crippen molar-refractivity contribution in [1.82, 2.24) is 5.32 Å². The zero-order valence-corrected chi connectivity index (χ0v) is 9.74. The highest BCUT2D eigenvalue weighted by Crippen LogP contribution is 2.18. The van der Waals surface area contributed by atoms with Crippen LogP contribution in [0.1, 0.15) is 12.5 Å². The highest BCUT2D eigenvalue weighted by Gasteiger charge is 2.14. The molecule has 1 aliphatic heterocycles. The smallest absolute Gasteiger partial charge is 0.122 e. The molecule has 0 bridgehead atoms. The largest absolute Gasteiger partial charge is 0.491 e. The van der Waals surface area contributed by atoms with Gasteiger partial charge in [0.05, 0.1) is 6.61 Å². The molecule has 1 N–H and O–H groups in total. The lowest BCUT2D eigenvalue weighted by molar-refractivity contribution is 0.0000227. The predicted octanol–water partition coefficient (Wildman–Crippen LogP) is 1.62. The third-order valence-corrected chi connectivity index (χ3v) is 2.78. The zero-order chi connectivity index (χ0) is 11.2. The standard InChI is InChI=1S/C13H19NO2/c1-2-11-5-3-4-6-13(11)16-10-12-9-14-7-8-15-12/h3-6,12,14H,2,7-10H2,1H3. The first-order valence-corrected chi connectivity index (χ1v) is 5.93. The lowest BCUT2D eigenvalue weighted by Gasteiger charge is -2.24. The Balaban J connectivity index is 1.88. The third kappa shape index (κ3) is 2.97. The Kier molecular flexibility index (Phi) is 4.19. The summed E-state index contributed by atoms with van der Waals surface area (Å²) in [6.45, 7) is 5.38. The Morgan fingerprint density at radius 1 is 1.44 bits per heavy atom. The van der Waals surface area contributed by atoms with Crippen LogP contribution in [-0.4, -0.2) is 32.4 Å². The molecule has 0 amide bonds. The minimum atomic E-state index is 0.179. The molecule has 1 atom stereocenters. The average Bonchev–Trinajstić information content (AvgIpc) is 2.38. The number of nitrogens with one attached hydrogen (secondary N) is 1. The molecule has 1 aliphatic rings. The van der Waals surface area contributed by atoms with Crippen LogP contribution in [0.15, 0.2) is 24.3 Å². The maximum absolute atomic E-state index is 5.80. The van der Waals surface area contributed by atoms with Crippen LogP contribution >= 0.6 is 0 Å². The van der Waals surface area contributed by atoms with E-state index in [1.54, 1.807) is 0 Å². The van der Waals surface area contributed by atoms with E-state index < -0.39 is 0 Å². The fourth-order valence-corrected chi connectivity index (χ4v) is 1.85. The van der Waals surface area contributed by atoms with Gasteiger partial charge in [-0.1, -0.05) is 25.1 Å². The molecule has 1 unspecified atom stereocenters. The summed E-state index contributed by atoms with van der Waals surface area (Å²) in [4.78, 5) is 0. The Bertz CT molecular complexity index is 321. The molecular weight excluding hydrogens is 202 g/mol. The summed E-state index contributed by atoms with van der Waals surface area (Å²) in [7, 11) is 0. The van der Waals surface area contributed by atoms with E-state index in [2.05, 4.69) is 18.3 Å². The topological polar surface area (TPSA) is 30.5 Å². The van der Waals surface area contributed by atoms with E-state index in [4.69, 9.17) is 9.47 Å². The Morgan fingerprint density at radius 3 is 3.06 bits per heavy atom. The van der Waals surface area contributed by atoms with Crippen LogP contribution in [0, 0.1) is 0 Å². The molecule has 1 heterocycles. The van der Waals surface area contributed by atoms with E-state index in [-0.39, 0.29) is 6.10 Å². The monoisotopic (exact) mass is 221 g/mol. The van der Waals surface area contributed by atoms with Gasteiger partial charge in [-0.25, -0.2) is 0 Å². The van der Waals surface area contributed by atoms with Crippen molar-refractivity contribution in [3.63, 3.8) is 0 Å². The van der Waals surface area contributed by atoms with E-state index in [0.29, 0.717) is 6.61 Å². The number of aryl methyl sites for hydroxylation is 1. The number of para-hydroxylation sites is 1. The number of ether oxygens (including phenoxy) is 2. The van der Waals surface area contributed by atoms with Gasteiger partial charge in [-0.2, -0.15) is 0 Å². The fourth-order valence-electron chi connectivity index (χ4n) is 1.85. The van der Waals surface area contributed by atoms with Gasteiger partial charge in [0.25, 0.3) is 0 Å². The second-order valence-corrected chi connectivity index (χ2v) is 3.97. The van der Waals surface area contributed by atoms with Crippen molar-refractivity contribution in [3.05, 3.63) is 29.8 Å². The van der Waals surface area contributed by atoms with Gasteiger partial charge in [0.1, 0.15) is 18.5 Å². The minimum absolute atomic E-state index is 0.179. The third-order valence-electron chi connectivity index (χ3n) is 2.78. The molecule has 0 aromatic heterocycles. The second-order valence-electron chi connectivity index (χ2n) is 3.97. The number of hydrogen-bond donors (Lipinski definition) is 1. The lowest BCUT2D eigenvalue weighted by Crippen LogP contribution is -2.41. The molecule has 0 aliphatic carbocycles. The molecule has 16 heavy (non-hydrogen) atoms. The van der Waals surface area contributed by atoms with Crippen molar-refractivity contribution in [1.29, 1.82) is 0 Å². The minimum Gasteiger partial charge on any atom is -0.491 e. The molecule has 0 saturated carbocycles. The summed E-state index contributed by atoms with van der Waals surface area (Å²) in [5.74, 6) is 0.985. The summed E-state index contributed by atoms with van der Waals surface area (Å²) in [5.41, 5.74) is 1.26. The normalized spacial score (nSPS) is 20.7. The van der Waals surface area contributed by atoms with Gasteiger partial charge in [0.2, 0.25) is 0 Å². The van der Waals surface area contributed by atoms with Gasteiger partial charge in [-0.05, 0) is 18.1 Å². The molecule has 1 aromatic rings. The van der Waals surface area contributed by atoms with Gasteiger partial charge in [-0.3, -0.25) is 0 Å². The van der Waals surface area contributed by atoms with Crippen molar-refractivity contribution < 1.29 is 9.47 Å². The van der Waals surface area contributed by atoms with Crippen LogP contribution < -0.4 is 10.1 Å². The second kappa shape index (κ2) is 5.87. The summed E-state index contributed by atoms with van der Waals surface area (Å²) in [6.07, 6.45) is 1.18. The van der Waals surface area contributed by atoms with E-state index in [0.717, 1.165) is 31.9 Å². The van der Waals surface area contributed by atoms with E-state index in [1.165, 1.54) is 5.56 Å². The SMILES string of the molecule is CCc1ccccc1OCC1CNCCO1. The molecule has 0 radical (unpaired) electrons. The number of rotatable bonds is 4. The van der Waals surface area contributed by atoms with Crippen LogP contribution in [0.2, 0.25) is 0 Å². The van der Waals surface area contributed by atoms with Gasteiger partial charge >= 0.3 is 0 Å². The highest BCUT2D eigenvalue weighted by molar-refractivity contribution is 5.33. The zero-order valence-electron chi connectivity index (χ0n) is 9.74. The molecule has 3 heteroatoms. The van der Waals surface area contributed by atoms with Gasteiger partial charge in [0, 0.05) is 13.1 Å². The number of hydrogen-bond acceptors (Lipinski definition) is 3. The molecule has 1 aromatic carbocycles. The van der Waals surface area contributed by atoms with Gasteiger partial charge in [-0.15, -0.1) is 0 Å². The Morgan fingerprint density at radius 2 is 2.31 bits per heavy atom. The van der Waals surface area contributed by atoms with Crippen LogP contribution in [0.3, 0.4) is 0 Å². The molecule has 1 fully saturated rings. The van der Waals surface area contributed by atoms with Crippen molar-refractivity contribution in [2.24, 2.45) is 0 Å². The van der Waals surface area contributed by atoms with Gasteiger partial charge < -0.3 is 14.8 Å². The van der Waals surface area contributed by atoms with E-state index in [1.807, 2.05) is 18.2 Å². The summed E-state index contributed by atoms with van der Waals surface area (Å²) in [5, 5.41) is 3.29. The quantitative estimate of drug-likeness (QED) is 0.838. The van der Waals surface area contributed by atoms with Crippen molar-refractivity contribution in [2.45, 2.75) is 19.4 Å². The Labute approximate surface area is 96.8 Å². The van der Waals surface area contributed by atoms with Gasteiger partial charge in [0.15, 0.2) is 0 Å². The molecule has 0 spiro atoms. The summed E-state index contributed by atoms with van der Waals surface area (Å²) >= 11 is 0. The van der Waals surface area contributed by atoms with Crippen LogP contribution in [0.5, 0.6) is 5.75 Å². The fraction of sp³-hybridized carbons (Fsp3) is 0.538. The predicted molar refractivity (Wildman–Crippen MR) is 63.9 cm³/mol. The summed E-state index contributed by atoms with van der Waals surface area (Å²) < 4.78 is 11.4. The van der Waals surface area contributed by atoms with Crippen molar-refractivity contribution in [3.8, 4) is 5.75 Å². The van der Waals surface area contributed by atoms with Crippen molar-refractivity contribution in [2.75, 3.05) is 26.3 Å². The molecular formula is C13H19NO2. The van der Waals surface area contributed by atoms with E-state index >= 15 is 0 Å². The summed E-state index contributed by atoms with van der Waals surface area (Å²) in [6, 6.07) is 8.18. The van der Waals surface area contributed by atoms with Crippen LogP contribution in [0.4, 0.5) is 0 Å². The van der Waals surface area contributed by atoms with Crippen LogP contribution in [-0.2, 0) is 11.2 Å². The molecule has 88 valence electrons. The maximum Gasteiger partial charge on any atom is 0.122 e. The first kappa shape index (κ1) is 11.4. The first-order chi connectivity index (χ1) is 7.90. The molecule has 1 saturated heterocycles. The number of benzene rings is 1. The number of morpholine rings is 1. The van der Waals surface area contributed by atoms with Crippen molar-refractivity contribution >= 4 is 0 Å². The highest BCUT2D eigenvalue weighted by atomic mass is 16.5. The Hall–Kier alpha value is -1.06. The molecule has 2 rings (SSSR count). The average molecular weight is 221 g/mol. The van der Waals surface area contributed by atoms with E-state index in [9.17, 15) is 0 Å². The molecule has 3 nitrogen and oxygen atoms in total.